The minimum absolute atomic E-state index is 0.0251. The molecule has 0 unspecified atom stereocenters. The second-order valence-electron chi connectivity index (χ2n) is 17.9. The average molecular weight is 1020 g/mol. The summed E-state index contributed by atoms with van der Waals surface area (Å²) in [6.45, 7) is 10.0. The number of hydrogen-bond donors (Lipinski definition) is 14. The first-order valence-electron chi connectivity index (χ1n) is 23.9. The van der Waals surface area contributed by atoms with Crippen LogP contribution in [0.1, 0.15) is 113 Å². The molecule has 1 rings (SSSR count). The first kappa shape index (κ1) is 62.9. The highest BCUT2D eigenvalue weighted by atomic mass is 16.3. The number of carbonyl (C=O) groups is 12. The van der Waals surface area contributed by atoms with Gasteiger partial charge in [-0.2, -0.15) is 0 Å². The molecular formula is C44H77N15O13. The first-order valence-corrected chi connectivity index (χ1v) is 23.9. The van der Waals surface area contributed by atoms with E-state index in [1.165, 1.54) is 18.7 Å². The van der Waals surface area contributed by atoms with Crippen LogP contribution in [-0.2, 0) is 57.5 Å². The lowest BCUT2D eigenvalue weighted by Crippen LogP contribution is -2.63. The van der Waals surface area contributed by atoms with E-state index in [1.807, 2.05) is 0 Å². The smallest absolute Gasteiger partial charge is 0.245 e. The predicted molar refractivity (Wildman–Crippen MR) is 259 cm³/mol. The van der Waals surface area contributed by atoms with E-state index >= 15 is 0 Å². The summed E-state index contributed by atoms with van der Waals surface area (Å²) < 4.78 is 0. The summed E-state index contributed by atoms with van der Waals surface area (Å²) in [7, 11) is 0. The normalized spacial score (nSPS) is 17.2. The predicted octanol–water partition coefficient (Wildman–Crippen LogP) is -5.93. The van der Waals surface area contributed by atoms with Gasteiger partial charge in [-0.15, -0.1) is 0 Å². The van der Waals surface area contributed by atoms with Crippen molar-refractivity contribution in [1.29, 1.82) is 0 Å². The number of guanidine groups is 1. The number of likely N-dealkylation sites (tertiary alicyclic amines) is 1. The molecule has 1 aliphatic heterocycles. The van der Waals surface area contributed by atoms with Crippen molar-refractivity contribution in [2.45, 2.75) is 167 Å². The summed E-state index contributed by atoms with van der Waals surface area (Å²) in [5.41, 5.74) is 26.9. The van der Waals surface area contributed by atoms with Gasteiger partial charge in [0.25, 0.3) is 0 Å². The fourth-order valence-corrected chi connectivity index (χ4v) is 7.29. The molecule has 0 saturated carbocycles. The summed E-state index contributed by atoms with van der Waals surface area (Å²) in [4.78, 5) is 161. The number of aliphatic hydroxyl groups is 1. The zero-order chi connectivity index (χ0) is 55.0. The van der Waals surface area contributed by atoms with E-state index in [0.29, 0.717) is 12.8 Å². The van der Waals surface area contributed by atoms with Gasteiger partial charge in [-0.3, -0.25) is 62.5 Å². The zero-order valence-electron chi connectivity index (χ0n) is 42.2. The maximum Gasteiger partial charge on any atom is 0.245 e. The fraction of sp³-hybridized carbons (Fsp3) is 0.705. The van der Waals surface area contributed by atoms with Crippen LogP contribution in [0, 0.1) is 11.8 Å². The highest BCUT2D eigenvalue weighted by molar-refractivity contribution is 5.99. The third-order valence-electron chi connectivity index (χ3n) is 12.0. The van der Waals surface area contributed by atoms with E-state index in [-0.39, 0.29) is 57.6 Å². The molecule has 406 valence electrons. The molecule has 0 aromatic heterocycles. The largest absolute Gasteiger partial charge is 0.391 e. The summed E-state index contributed by atoms with van der Waals surface area (Å²) >= 11 is 0. The molecular weight excluding hydrogens is 947 g/mol. The van der Waals surface area contributed by atoms with E-state index in [9.17, 15) is 62.6 Å². The molecule has 0 bridgehead atoms. The van der Waals surface area contributed by atoms with Crippen molar-refractivity contribution in [2.75, 3.05) is 19.6 Å². The van der Waals surface area contributed by atoms with Crippen LogP contribution < -0.4 is 71.2 Å². The number of rotatable bonds is 32. The second-order valence-corrected chi connectivity index (χ2v) is 17.9. The number of aliphatic hydroxyl groups excluding tert-OH is 1. The molecule has 12 amide bonds. The number of primary amides is 3. The van der Waals surface area contributed by atoms with Crippen LogP contribution in [-0.4, -0.2) is 161 Å². The zero-order valence-corrected chi connectivity index (χ0v) is 42.2. The van der Waals surface area contributed by atoms with Crippen LogP contribution in [0.15, 0.2) is 4.99 Å². The van der Waals surface area contributed by atoms with Gasteiger partial charge >= 0.3 is 0 Å². The molecule has 1 fully saturated rings. The highest BCUT2D eigenvalue weighted by Crippen LogP contribution is 2.21. The molecule has 1 aliphatic rings. The Hall–Kier alpha value is -7.13. The molecule has 0 radical (unpaired) electrons. The van der Waals surface area contributed by atoms with E-state index in [1.54, 1.807) is 27.7 Å². The number of aliphatic imine (C=N–C) groups is 1. The van der Waals surface area contributed by atoms with Crippen LogP contribution in [0.4, 0.5) is 0 Å². The number of hydrogen-bond acceptors (Lipinski definition) is 14. The molecule has 28 heteroatoms. The Kier molecular flexibility index (Phi) is 27.3. The summed E-state index contributed by atoms with van der Waals surface area (Å²) in [6.07, 6.45) is -1.75. The van der Waals surface area contributed by atoms with E-state index < -0.39 is 157 Å². The Bertz CT molecular complexity index is 1980. The van der Waals surface area contributed by atoms with Crippen LogP contribution in [0.2, 0.25) is 0 Å². The van der Waals surface area contributed by atoms with Crippen molar-refractivity contribution in [3.63, 3.8) is 0 Å². The van der Waals surface area contributed by atoms with E-state index in [0.717, 1.165) is 6.92 Å². The van der Waals surface area contributed by atoms with Gasteiger partial charge in [-0.05, 0) is 64.2 Å². The van der Waals surface area contributed by atoms with E-state index in [2.05, 4.69) is 47.5 Å². The van der Waals surface area contributed by atoms with Crippen molar-refractivity contribution < 1.29 is 62.6 Å². The molecule has 0 spiro atoms. The third-order valence-corrected chi connectivity index (χ3v) is 12.0. The van der Waals surface area contributed by atoms with Gasteiger partial charge in [0, 0.05) is 32.9 Å². The van der Waals surface area contributed by atoms with Crippen LogP contribution in [0.5, 0.6) is 0 Å². The number of nitrogens with zero attached hydrogens (tertiary/aromatic N) is 2. The quantitative estimate of drug-likeness (QED) is 0.0170. The van der Waals surface area contributed by atoms with Gasteiger partial charge in [-0.1, -0.05) is 40.5 Å². The van der Waals surface area contributed by atoms with Crippen LogP contribution in [0.25, 0.3) is 0 Å². The highest BCUT2D eigenvalue weighted by Gasteiger charge is 2.41. The van der Waals surface area contributed by atoms with Gasteiger partial charge in [0.05, 0.1) is 12.6 Å². The molecule has 11 atom stereocenters. The second kappa shape index (κ2) is 31.3. The van der Waals surface area contributed by atoms with Crippen molar-refractivity contribution in [3.05, 3.63) is 0 Å². The Morgan fingerprint density at radius 3 is 1.56 bits per heavy atom. The summed E-state index contributed by atoms with van der Waals surface area (Å²) in [5, 5.41) is 30.5. The van der Waals surface area contributed by atoms with Crippen molar-refractivity contribution in [3.8, 4) is 0 Å². The van der Waals surface area contributed by atoms with Gasteiger partial charge in [0.15, 0.2) is 5.96 Å². The summed E-state index contributed by atoms with van der Waals surface area (Å²) in [5.74, 6) is -11.4. The van der Waals surface area contributed by atoms with Crippen molar-refractivity contribution >= 4 is 76.8 Å². The molecule has 1 heterocycles. The Labute approximate surface area is 418 Å². The Balaban J connectivity index is 3.49. The lowest BCUT2D eigenvalue weighted by Gasteiger charge is -2.32. The van der Waals surface area contributed by atoms with Gasteiger partial charge in [0.2, 0.25) is 70.9 Å². The van der Waals surface area contributed by atoms with Crippen molar-refractivity contribution in [1.82, 2.24) is 47.4 Å². The summed E-state index contributed by atoms with van der Waals surface area (Å²) in [6, 6.07) is -10.9. The van der Waals surface area contributed by atoms with Gasteiger partial charge in [0.1, 0.15) is 48.3 Å². The van der Waals surface area contributed by atoms with E-state index in [4.69, 9.17) is 28.7 Å². The molecule has 0 aromatic rings. The molecule has 28 nitrogen and oxygen atoms in total. The molecule has 0 aromatic carbocycles. The fourth-order valence-electron chi connectivity index (χ4n) is 7.29. The lowest BCUT2D eigenvalue weighted by atomic mass is 9.96. The lowest BCUT2D eigenvalue weighted by molar-refractivity contribution is -0.142. The standard InChI is InChI=1S/C44H77N15O13/c1-8-21(3)33(40(69)55-28(12-10-18-50-44(48)49)43(72)59-19-11-13-29(59)39(68)52-23(5)36(47)65)56-38(67)27(15-17-31(46)63)54-42(71)35(24(6)60)58-41(70)34(22(4)9-2)57-37(66)26(14-16-30(45)62)53-32(64)20-51-25(7)61/h21-24,26-29,33-35,60H,8-20H2,1-7H3,(H2,45,62)(H2,46,63)(H2,47,65)(H,51,61)(H,52,68)(H,53,64)(H,54,71)(H,55,69)(H,56,67)(H,57,66)(H,58,70)(H4,48,49,50)/t21-,22-,23+,24+,26-,27-,28-,29-,33-,34+,35-/m0/s1. The minimum atomic E-state index is -1.80. The SMILES string of the molecule is CC[C@H](C)[C@H](NC(=O)[C@H](CCC(N)=O)NC(=O)[C@@H](NC(=O)[C@H](NC(=O)[C@H](CCC(N)=O)NC(=O)CNC(C)=O)[C@@H](C)CC)[C@@H](C)O)C(=O)N[C@@H](CCCN=C(N)N)C(=O)N1CCC[C@H]1C(=O)N[C@H](C)C(N)=O. The molecule has 19 N–H and O–H groups in total. The monoisotopic (exact) mass is 1020 g/mol. The maximum atomic E-state index is 14.2. The number of nitrogens with two attached hydrogens (primary N) is 5. The average Bonchev–Trinajstić information content (AvgIpc) is 3.81. The number of carbonyl (C=O) groups excluding carboxylic acids is 12. The molecule has 0 aliphatic carbocycles. The molecule has 72 heavy (non-hydrogen) atoms. The van der Waals surface area contributed by atoms with Gasteiger partial charge < -0.3 is 81.2 Å². The maximum absolute atomic E-state index is 14.2. The van der Waals surface area contributed by atoms with Crippen LogP contribution in [0.3, 0.4) is 0 Å². The minimum Gasteiger partial charge on any atom is -0.391 e. The van der Waals surface area contributed by atoms with Crippen molar-refractivity contribution in [2.24, 2.45) is 45.5 Å². The third kappa shape index (κ3) is 21.9. The van der Waals surface area contributed by atoms with Crippen LogP contribution >= 0.6 is 0 Å². The Morgan fingerprint density at radius 1 is 0.625 bits per heavy atom. The number of nitrogens with one attached hydrogen (secondary N) is 8. The topological polar surface area (TPSA) is 467 Å². The number of amides is 12. The van der Waals surface area contributed by atoms with Gasteiger partial charge in [-0.25, -0.2) is 0 Å². The molecule has 1 saturated heterocycles. The first-order chi connectivity index (χ1) is 33.6. The Morgan fingerprint density at radius 2 is 1.10 bits per heavy atom.